The average Bonchev–Trinajstić information content (AvgIpc) is 2.34. The molecule has 1 aliphatic rings. The molecule has 1 saturated heterocycles. The zero-order chi connectivity index (χ0) is 7.40. The summed E-state index contributed by atoms with van der Waals surface area (Å²) in [5, 5.41) is 2.91. The van der Waals surface area contributed by atoms with Gasteiger partial charge in [0, 0.05) is 6.54 Å². The summed E-state index contributed by atoms with van der Waals surface area (Å²) in [4.78, 5) is 0. The molecule has 6 heteroatoms. The monoisotopic (exact) mass is 167 g/mol. The summed E-state index contributed by atoms with van der Waals surface area (Å²) in [6.45, 7) is 1.33. The van der Waals surface area contributed by atoms with Crippen molar-refractivity contribution in [3.63, 3.8) is 0 Å². The number of rotatable bonds is 3. The highest BCUT2D eigenvalue weighted by atomic mass is 32.2. The highest BCUT2D eigenvalue weighted by Gasteiger charge is 2.15. The van der Waals surface area contributed by atoms with Crippen LogP contribution in [0.5, 0.6) is 0 Å². The Hall–Kier alpha value is -0.0100. The van der Waals surface area contributed by atoms with E-state index >= 15 is 0 Å². The van der Waals surface area contributed by atoms with Crippen LogP contribution in [0.2, 0.25) is 0 Å². The summed E-state index contributed by atoms with van der Waals surface area (Å²) in [6, 6.07) is 0. The summed E-state index contributed by atoms with van der Waals surface area (Å²) in [6.07, 6.45) is -0.0869. The van der Waals surface area contributed by atoms with Crippen molar-refractivity contribution in [1.82, 2.24) is 5.32 Å². The predicted octanol–water partition coefficient (Wildman–Crippen LogP) is -0.914. The fourth-order valence-corrected chi connectivity index (χ4v) is 0.965. The van der Waals surface area contributed by atoms with Gasteiger partial charge in [-0.1, -0.05) is 0 Å². The number of hydrogen-bond acceptors (Lipinski definition) is 4. The lowest BCUT2D eigenvalue weighted by molar-refractivity contribution is 0.0731. The van der Waals surface area contributed by atoms with E-state index in [1.54, 1.807) is 0 Å². The van der Waals surface area contributed by atoms with Gasteiger partial charge in [0.2, 0.25) is 0 Å². The maximum absolute atomic E-state index is 9.97. The Labute approximate surface area is 61.2 Å². The Kier molecular flexibility index (Phi) is 3.23. The first-order chi connectivity index (χ1) is 4.79. The van der Waals surface area contributed by atoms with Gasteiger partial charge in [-0.2, -0.15) is 4.21 Å². The molecule has 0 aromatic carbocycles. The van der Waals surface area contributed by atoms with Gasteiger partial charge in [-0.05, 0) is 0 Å². The molecule has 0 aromatic rings. The molecule has 1 fully saturated rings. The minimum Gasteiger partial charge on any atom is -0.359 e. The van der Waals surface area contributed by atoms with Gasteiger partial charge in [-0.3, -0.25) is 14.1 Å². The van der Waals surface area contributed by atoms with E-state index in [0.29, 0.717) is 13.3 Å². The molecule has 1 heterocycles. The van der Waals surface area contributed by atoms with E-state index in [0.717, 1.165) is 0 Å². The van der Waals surface area contributed by atoms with E-state index in [1.165, 1.54) is 0 Å². The first kappa shape index (κ1) is 8.09. The highest BCUT2D eigenvalue weighted by molar-refractivity contribution is 7.74. The van der Waals surface area contributed by atoms with Crippen LogP contribution in [0.15, 0.2) is 0 Å². The number of nitrogens with one attached hydrogen (secondary N) is 1. The minimum atomic E-state index is -2.17. The van der Waals surface area contributed by atoms with Crippen LogP contribution >= 0.6 is 0 Å². The lowest BCUT2D eigenvalue weighted by atomic mass is 10.4. The van der Waals surface area contributed by atoms with Gasteiger partial charge in [0.25, 0.3) is 0 Å². The molecule has 1 aliphatic heterocycles. The van der Waals surface area contributed by atoms with Crippen molar-refractivity contribution < 1.29 is 17.7 Å². The Morgan fingerprint density at radius 2 is 2.70 bits per heavy atom. The Bertz CT molecular complexity index is 124. The third-order valence-corrected chi connectivity index (χ3v) is 1.49. The fraction of sp³-hybridized carbons (Fsp3) is 1.00. The normalized spacial score (nSPS) is 28.7. The van der Waals surface area contributed by atoms with Crippen molar-refractivity contribution in [2.45, 2.75) is 6.10 Å². The molecule has 2 atom stereocenters. The highest BCUT2D eigenvalue weighted by Crippen LogP contribution is 1.97. The molecule has 0 saturated carbocycles. The smallest absolute Gasteiger partial charge is 0.301 e. The van der Waals surface area contributed by atoms with Crippen LogP contribution in [0.4, 0.5) is 0 Å². The van der Waals surface area contributed by atoms with Gasteiger partial charge in [0.1, 0.15) is 0 Å². The molecule has 0 aliphatic carbocycles. The summed E-state index contributed by atoms with van der Waals surface area (Å²) >= 11 is -2.17. The summed E-state index contributed by atoms with van der Waals surface area (Å²) in [5.74, 6) is 0. The van der Waals surface area contributed by atoms with E-state index in [2.05, 4.69) is 9.50 Å². The molecule has 5 nitrogen and oxygen atoms in total. The van der Waals surface area contributed by atoms with Crippen LogP contribution in [0, 0.1) is 0 Å². The van der Waals surface area contributed by atoms with Crippen LogP contribution in [0.3, 0.4) is 0 Å². The second-order valence-electron chi connectivity index (χ2n) is 1.89. The van der Waals surface area contributed by atoms with Crippen molar-refractivity contribution in [1.29, 1.82) is 0 Å². The van der Waals surface area contributed by atoms with Gasteiger partial charge >= 0.3 is 11.4 Å². The van der Waals surface area contributed by atoms with Crippen LogP contribution < -0.4 is 5.32 Å². The Morgan fingerprint density at radius 1 is 1.90 bits per heavy atom. The second kappa shape index (κ2) is 3.99. The lowest BCUT2D eigenvalue weighted by Gasteiger charge is -2.04. The van der Waals surface area contributed by atoms with Crippen molar-refractivity contribution in [2.24, 2.45) is 0 Å². The van der Waals surface area contributed by atoms with Crippen molar-refractivity contribution in [2.75, 3.05) is 19.9 Å². The quantitative estimate of drug-likeness (QED) is 0.532. The van der Waals surface area contributed by atoms with Crippen LogP contribution in [-0.4, -0.2) is 34.7 Å². The molecule has 60 valence electrons. The van der Waals surface area contributed by atoms with Gasteiger partial charge in [-0.15, -0.1) is 0 Å². The van der Waals surface area contributed by atoms with Gasteiger partial charge in [-0.25, -0.2) is 0 Å². The van der Waals surface area contributed by atoms with Gasteiger partial charge in [0.15, 0.2) is 0 Å². The third-order valence-electron chi connectivity index (χ3n) is 1.15. The lowest BCUT2D eigenvalue weighted by Crippen LogP contribution is -2.20. The molecule has 0 amide bonds. The maximum Gasteiger partial charge on any atom is 0.301 e. The molecule has 0 spiro atoms. The Balaban J connectivity index is 2.07. The topological polar surface area (TPSA) is 67.8 Å². The van der Waals surface area contributed by atoms with E-state index in [1.807, 2.05) is 0 Å². The van der Waals surface area contributed by atoms with E-state index in [9.17, 15) is 4.21 Å². The number of hydrogen-bond donors (Lipinski definition) is 2. The minimum absolute atomic E-state index is 0.0869. The van der Waals surface area contributed by atoms with Crippen molar-refractivity contribution in [3.8, 4) is 0 Å². The SMILES string of the molecule is O=S(O)OCC1CNCO1. The second-order valence-corrected chi connectivity index (χ2v) is 2.56. The van der Waals surface area contributed by atoms with Crippen LogP contribution in [-0.2, 0) is 20.3 Å². The first-order valence-corrected chi connectivity index (χ1v) is 3.88. The molecule has 1 rings (SSSR count). The molecule has 0 radical (unpaired) electrons. The summed E-state index contributed by atoms with van der Waals surface area (Å²) < 4.78 is 27.6. The third kappa shape index (κ3) is 2.72. The van der Waals surface area contributed by atoms with Gasteiger partial charge in [0.05, 0.1) is 19.4 Å². The zero-order valence-corrected chi connectivity index (χ0v) is 6.10. The van der Waals surface area contributed by atoms with Crippen molar-refractivity contribution in [3.05, 3.63) is 0 Å². The maximum atomic E-state index is 9.97. The molecule has 0 bridgehead atoms. The number of ether oxygens (including phenoxy) is 1. The first-order valence-electron chi connectivity index (χ1n) is 2.85. The largest absolute Gasteiger partial charge is 0.359 e. The van der Waals surface area contributed by atoms with E-state index < -0.39 is 11.4 Å². The fourth-order valence-electron chi connectivity index (χ4n) is 0.697. The average molecular weight is 167 g/mol. The van der Waals surface area contributed by atoms with Crippen molar-refractivity contribution >= 4 is 11.4 Å². The molecule has 0 aromatic heterocycles. The molecule has 10 heavy (non-hydrogen) atoms. The van der Waals surface area contributed by atoms with Crippen LogP contribution in [0.1, 0.15) is 0 Å². The summed E-state index contributed by atoms with van der Waals surface area (Å²) in [5.41, 5.74) is 0. The molecule has 2 unspecified atom stereocenters. The summed E-state index contributed by atoms with van der Waals surface area (Å²) in [7, 11) is 0. The van der Waals surface area contributed by atoms with E-state index in [4.69, 9.17) is 9.29 Å². The standard InChI is InChI=1S/C4H9NO4S/c6-10(7)9-2-4-1-5-3-8-4/h4-5H,1-3H2,(H,6,7). The van der Waals surface area contributed by atoms with Crippen LogP contribution in [0.25, 0.3) is 0 Å². The molecular formula is C4H9NO4S. The molecule has 2 N–H and O–H groups in total. The van der Waals surface area contributed by atoms with Gasteiger partial charge < -0.3 is 4.74 Å². The zero-order valence-electron chi connectivity index (χ0n) is 5.28. The Morgan fingerprint density at radius 3 is 3.20 bits per heavy atom. The predicted molar refractivity (Wildman–Crippen MR) is 34.5 cm³/mol. The van der Waals surface area contributed by atoms with E-state index in [-0.39, 0.29) is 12.7 Å². The molecular weight excluding hydrogens is 158 g/mol.